The Balaban J connectivity index is 1.46. The second-order valence-corrected chi connectivity index (χ2v) is 10.5. The summed E-state index contributed by atoms with van der Waals surface area (Å²) in [6, 6.07) is 11.4. The first-order valence-electron chi connectivity index (χ1n) is 13.0. The standard InChI is InChI=1S/C28H40ClN5O2/c1-6-23-19-24(18-20(3)31-23)32-27(36)30-14-17-33-15-12-25(13-16-33)34(7-2)26(35)28(4,5)21-8-10-22(29)11-9-21/h8-11,18-19,25H,6-7,12-17H2,1-5H3,(H2,30,31,32,36). The number of piperidine rings is 1. The maximum atomic E-state index is 13.5. The van der Waals surface area contributed by atoms with Gasteiger partial charge in [-0.15, -0.1) is 0 Å². The lowest BCUT2D eigenvalue weighted by Gasteiger charge is -2.41. The van der Waals surface area contributed by atoms with Gasteiger partial charge in [-0.05, 0) is 76.8 Å². The van der Waals surface area contributed by atoms with Crippen LogP contribution in [0.1, 0.15) is 57.5 Å². The minimum Gasteiger partial charge on any atom is -0.339 e. The molecule has 1 aliphatic heterocycles. The van der Waals surface area contributed by atoms with E-state index in [0.717, 1.165) is 61.5 Å². The average Bonchev–Trinajstić information content (AvgIpc) is 2.85. The van der Waals surface area contributed by atoms with Crippen LogP contribution in [0.5, 0.6) is 0 Å². The Morgan fingerprint density at radius 1 is 1.14 bits per heavy atom. The van der Waals surface area contributed by atoms with Gasteiger partial charge < -0.3 is 20.4 Å². The van der Waals surface area contributed by atoms with Gasteiger partial charge >= 0.3 is 6.03 Å². The van der Waals surface area contributed by atoms with Crippen molar-refractivity contribution in [1.29, 1.82) is 0 Å². The van der Waals surface area contributed by atoms with Gasteiger partial charge in [-0.3, -0.25) is 9.78 Å². The van der Waals surface area contributed by atoms with Gasteiger partial charge in [0.15, 0.2) is 0 Å². The lowest BCUT2D eigenvalue weighted by atomic mass is 9.82. The smallest absolute Gasteiger partial charge is 0.319 e. The second-order valence-electron chi connectivity index (χ2n) is 10.0. The average molecular weight is 514 g/mol. The van der Waals surface area contributed by atoms with Gasteiger partial charge in [-0.25, -0.2) is 4.79 Å². The number of likely N-dealkylation sites (tertiary alicyclic amines) is 1. The van der Waals surface area contributed by atoms with Gasteiger partial charge in [0.05, 0.1) is 5.41 Å². The van der Waals surface area contributed by atoms with Crippen molar-refractivity contribution in [3.8, 4) is 0 Å². The van der Waals surface area contributed by atoms with Crippen LogP contribution in [0.4, 0.5) is 10.5 Å². The topological polar surface area (TPSA) is 77.6 Å². The molecule has 196 valence electrons. The van der Waals surface area contributed by atoms with E-state index in [0.29, 0.717) is 18.1 Å². The number of hydrogen-bond donors (Lipinski definition) is 2. The Bertz CT molecular complexity index is 1030. The summed E-state index contributed by atoms with van der Waals surface area (Å²) in [7, 11) is 0. The fourth-order valence-corrected chi connectivity index (χ4v) is 4.99. The number of likely N-dealkylation sites (N-methyl/N-ethyl adjacent to an activating group) is 1. The highest BCUT2D eigenvalue weighted by Crippen LogP contribution is 2.29. The van der Waals surface area contributed by atoms with Gasteiger partial charge in [0, 0.05) is 60.9 Å². The molecule has 0 aliphatic carbocycles. The zero-order chi connectivity index (χ0) is 26.3. The van der Waals surface area contributed by atoms with Crippen molar-refractivity contribution in [2.24, 2.45) is 0 Å². The predicted molar refractivity (Wildman–Crippen MR) is 147 cm³/mol. The number of halogens is 1. The van der Waals surface area contributed by atoms with Crippen LogP contribution < -0.4 is 10.6 Å². The molecule has 8 heteroatoms. The van der Waals surface area contributed by atoms with Crippen LogP contribution in [-0.4, -0.2) is 65.5 Å². The number of urea groups is 1. The number of nitrogens with one attached hydrogen (secondary N) is 2. The molecule has 1 aromatic heterocycles. The Morgan fingerprint density at radius 3 is 2.42 bits per heavy atom. The SMILES string of the molecule is CCc1cc(NC(=O)NCCN2CCC(N(CC)C(=O)C(C)(C)c3ccc(Cl)cc3)CC2)cc(C)n1. The number of carbonyl (C=O) groups is 2. The summed E-state index contributed by atoms with van der Waals surface area (Å²) in [4.78, 5) is 34.7. The fraction of sp³-hybridized carbons (Fsp3) is 0.536. The van der Waals surface area contributed by atoms with Crippen LogP contribution in [0, 0.1) is 6.92 Å². The molecule has 36 heavy (non-hydrogen) atoms. The third kappa shape index (κ3) is 7.20. The lowest BCUT2D eigenvalue weighted by Crippen LogP contribution is -2.52. The first-order valence-corrected chi connectivity index (χ1v) is 13.3. The maximum Gasteiger partial charge on any atom is 0.319 e. The number of aromatic nitrogens is 1. The van der Waals surface area contributed by atoms with E-state index < -0.39 is 5.41 Å². The quantitative estimate of drug-likeness (QED) is 0.493. The van der Waals surface area contributed by atoms with E-state index in [1.165, 1.54) is 0 Å². The van der Waals surface area contributed by atoms with Crippen LogP contribution in [0.25, 0.3) is 0 Å². The van der Waals surface area contributed by atoms with Gasteiger partial charge in [0.25, 0.3) is 0 Å². The van der Waals surface area contributed by atoms with Crippen LogP contribution in [0.3, 0.4) is 0 Å². The van der Waals surface area contributed by atoms with Crippen molar-refractivity contribution in [3.63, 3.8) is 0 Å². The number of anilines is 1. The van der Waals surface area contributed by atoms with E-state index in [2.05, 4.69) is 27.4 Å². The molecular formula is C28H40ClN5O2. The summed E-state index contributed by atoms with van der Waals surface area (Å²) in [6.07, 6.45) is 2.69. The van der Waals surface area contributed by atoms with Crippen LogP contribution in [-0.2, 0) is 16.6 Å². The molecule has 1 fully saturated rings. The predicted octanol–water partition coefficient (Wildman–Crippen LogP) is 5.02. The molecule has 3 rings (SSSR count). The number of rotatable bonds is 9. The van der Waals surface area contributed by atoms with E-state index in [1.54, 1.807) is 0 Å². The number of pyridine rings is 1. The summed E-state index contributed by atoms with van der Waals surface area (Å²) < 4.78 is 0. The highest BCUT2D eigenvalue weighted by Gasteiger charge is 2.37. The molecule has 2 N–H and O–H groups in total. The number of aryl methyl sites for hydroxylation is 2. The summed E-state index contributed by atoms with van der Waals surface area (Å²) in [5, 5.41) is 6.54. The molecule has 1 saturated heterocycles. The number of benzene rings is 1. The molecule has 0 spiro atoms. The summed E-state index contributed by atoms with van der Waals surface area (Å²) in [6.45, 7) is 13.9. The molecule has 2 aromatic rings. The van der Waals surface area contributed by atoms with E-state index >= 15 is 0 Å². The van der Waals surface area contributed by atoms with E-state index in [4.69, 9.17) is 11.6 Å². The minimum atomic E-state index is -0.611. The molecule has 0 atom stereocenters. The Morgan fingerprint density at radius 2 is 1.81 bits per heavy atom. The molecule has 0 bridgehead atoms. The van der Waals surface area contributed by atoms with E-state index in [9.17, 15) is 9.59 Å². The molecule has 1 aromatic carbocycles. The first-order chi connectivity index (χ1) is 17.1. The Kier molecular flexibility index (Phi) is 9.74. The molecule has 2 heterocycles. The number of amides is 3. The molecular weight excluding hydrogens is 474 g/mol. The van der Waals surface area contributed by atoms with Crippen molar-refractivity contribution in [1.82, 2.24) is 20.1 Å². The largest absolute Gasteiger partial charge is 0.339 e. The van der Waals surface area contributed by atoms with Gasteiger partial charge in [0.2, 0.25) is 5.91 Å². The normalized spacial score (nSPS) is 14.9. The third-order valence-electron chi connectivity index (χ3n) is 7.04. The van der Waals surface area contributed by atoms with Crippen LogP contribution in [0.15, 0.2) is 36.4 Å². The first kappa shape index (κ1) is 27.9. The molecule has 0 unspecified atom stereocenters. The number of hydrogen-bond acceptors (Lipinski definition) is 4. The Hall–Kier alpha value is -2.64. The van der Waals surface area contributed by atoms with Crippen molar-refractivity contribution in [3.05, 3.63) is 58.4 Å². The third-order valence-corrected chi connectivity index (χ3v) is 7.29. The number of carbonyl (C=O) groups excluding carboxylic acids is 2. The lowest BCUT2D eigenvalue weighted by molar-refractivity contribution is -0.139. The van der Waals surface area contributed by atoms with Gasteiger partial charge in [0.1, 0.15) is 0 Å². The summed E-state index contributed by atoms with van der Waals surface area (Å²) >= 11 is 6.04. The number of nitrogens with zero attached hydrogens (tertiary/aromatic N) is 3. The van der Waals surface area contributed by atoms with Crippen molar-refractivity contribution in [2.45, 2.75) is 65.3 Å². The monoisotopic (exact) mass is 513 g/mol. The van der Waals surface area contributed by atoms with Crippen LogP contribution in [0.2, 0.25) is 5.02 Å². The zero-order valence-corrected chi connectivity index (χ0v) is 23.0. The minimum absolute atomic E-state index is 0.154. The van der Waals surface area contributed by atoms with E-state index in [1.807, 2.05) is 69.0 Å². The fourth-order valence-electron chi connectivity index (χ4n) is 4.86. The summed E-state index contributed by atoms with van der Waals surface area (Å²) in [5.41, 5.74) is 2.99. The van der Waals surface area contributed by atoms with E-state index in [-0.39, 0.29) is 18.0 Å². The Labute approximate surface area is 220 Å². The van der Waals surface area contributed by atoms with Gasteiger partial charge in [-0.2, -0.15) is 0 Å². The van der Waals surface area contributed by atoms with Gasteiger partial charge in [-0.1, -0.05) is 30.7 Å². The molecule has 3 amide bonds. The molecule has 0 radical (unpaired) electrons. The molecule has 0 saturated carbocycles. The van der Waals surface area contributed by atoms with Crippen molar-refractivity contribution < 1.29 is 9.59 Å². The summed E-state index contributed by atoms with van der Waals surface area (Å²) in [5.74, 6) is 0.154. The second kappa shape index (κ2) is 12.5. The molecule has 7 nitrogen and oxygen atoms in total. The van der Waals surface area contributed by atoms with Crippen LogP contribution >= 0.6 is 11.6 Å². The maximum absolute atomic E-state index is 13.5. The van der Waals surface area contributed by atoms with Crippen molar-refractivity contribution in [2.75, 3.05) is 38.0 Å². The molecule has 1 aliphatic rings. The highest BCUT2D eigenvalue weighted by molar-refractivity contribution is 6.30. The highest BCUT2D eigenvalue weighted by atomic mass is 35.5. The van der Waals surface area contributed by atoms with Crippen molar-refractivity contribution >= 4 is 29.2 Å². The zero-order valence-electron chi connectivity index (χ0n) is 22.2.